The number of hydrogen-bond donors (Lipinski definition) is 1. The van der Waals surface area contributed by atoms with E-state index in [2.05, 4.69) is 15.0 Å². The molecule has 2 aromatic rings. The van der Waals surface area contributed by atoms with E-state index in [-0.39, 0.29) is 5.56 Å². The highest BCUT2D eigenvalue weighted by Crippen LogP contribution is 2.21. The lowest BCUT2D eigenvalue weighted by atomic mass is 10.3. The van der Waals surface area contributed by atoms with Gasteiger partial charge in [0.05, 0.1) is 14.3 Å². The Labute approximate surface area is 117 Å². The normalized spacial score (nSPS) is 10.5. The number of pyridine rings is 1. The van der Waals surface area contributed by atoms with E-state index in [4.69, 9.17) is 11.6 Å². The van der Waals surface area contributed by atoms with Crippen LogP contribution in [0.3, 0.4) is 0 Å². The summed E-state index contributed by atoms with van der Waals surface area (Å²) >= 11 is 8.01. The van der Waals surface area contributed by atoms with Gasteiger partial charge in [-0.05, 0) is 41.1 Å². The molecule has 88 valence electrons. The van der Waals surface area contributed by atoms with Gasteiger partial charge in [0.15, 0.2) is 5.82 Å². The Morgan fingerprint density at radius 2 is 2.29 bits per heavy atom. The first kappa shape index (κ1) is 12.5. The molecule has 0 unspecified atom stereocenters. The Morgan fingerprint density at radius 3 is 2.94 bits per heavy atom. The molecule has 0 aliphatic rings. The monoisotopic (exact) mass is 361 g/mol. The number of rotatable bonds is 2. The maximum Gasteiger partial charge on any atom is 0.264 e. The van der Waals surface area contributed by atoms with Crippen LogP contribution in [0.2, 0.25) is 5.02 Å². The van der Waals surface area contributed by atoms with Crippen molar-refractivity contribution in [1.82, 2.24) is 15.0 Å². The summed E-state index contributed by atoms with van der Waals surface area (Å²) in [4.78, 5) is 22.9. The SMILES string of the molecule is CCc1nc(-c2ncccc2Cl)[nH]c(=O)c1I. The van der Waals surface area contributed by atoms with Crippen LogP contribution in [0.25, 0.3) is 11.5 Å². The lowest BCUT2D eigenvalue weighted by Crippen LogP contribution is -2.16. The average molecular weight is 362 g/mol. The first-order chi connectivity index (χ1) is 8.13. The highest BCUT2D eigenvalue weighted by Gasteiger charge is 2.11. The quantitative estimate of drug-likeness (QED) is 0.837. The van der Waals surface area contributed by atoms with Crippen molar-refractivity contribution in [3.8, 4) is 11.5 Å². The van der Waals surface area contributed by atoms with Crippen LogP contribution in [-0.4, -0.2) is 15.0 Å². The first-order valence-corrected chi connectivity index (χ1v) is 6.48. The largest absolute Gasteiger partial charge is 0.304 e. The summed E-state index contributed by atoms with van der Waals surface area (Å²) in [6, 6.07) is 3.45. The Morgan fingerprint density at radius 1 is 1.53 bits per heavy atom. The van der Waals surface area contributed by atoms with E-state index in [9.17, 15) is 4.79 Å². The molecule has 6 heteroatoms. The standard InChI is InChI=1S/C11H9ClIN3O/c1-2-7-8(13)11(17)16-10(15-7)9-6(12)4-3-5-14-9/h3-5H,2H2,1H3,(H,15,16,17). The van der Waals surface area contributed by atoms with Crippen LogP contribution < -0.4 is 5.56 Å². The fourth-order valence-corrected chi connectivity index (χ4v) is 2.26. The molecule has 0 aromatic carbocycles. The number of aromatic amines is 1. The highest BCUT2D eigenvalue weighted by molar-refractivity contribution is 14.1. The number of aromatic nitrogens is 3. The fraction of sp³-hybridized carbons (Fsp3) is 0.182. The molecule has 17 heavy (non-hydrogen) atoms. The van der Waals surface area contributed by atoms with Gasteiger partial charge in [-0.15, -0.1) is 0 Å². The smallest absolute Gasteiger partial charge is 0.264 e. The van der Waals surface area contributed by atoms with Crippen molar-refractivity contribution in [3.63, 3.8) is 0 Å². The molecule has 2 heterocycles. The first-order valence-electron chi connectivity index (χ1n) is 5.03. The maximum atomic E-state index is 11.7. The molecule has 0 fully saturated rings. The van der Waals surface area contributed by atoms with Gasteiger partial charge in [0, 0.05) is 6.20 Å². The molecule has 0 amide bonds. The number of nitrogens with one attached hydrogen (secondary N) is 1. The topological polar surface area (TPSA) is 58.6 Å². The number of H-pyrrole nitrogens is 1. The number of aryl methyl sites for hydroxylation is 1. The second-order valence-electron chi connectivity index (χ2n) is 3.36. The second kappa shape index (κ2) is 5.14. The van der Waals surface area contributed by atoms with Crippen LogP contribution in [-0.2, 0) is 6.42 Å². The summed E-state index contributed by atoms with van der Waals surface area (Å²) in [6.07, 6.45) is 2.31. The number of hydrogen-bond acceptors (Lipinski definition) is 3. The van der Waals surface area contributed by atoms with Crippen LogP contribution in [0.1, 0.15) is 12.6 Å². The van der Waals surface area contributed by atoms with Crippen molar-refractivity contribution in [1.29, 1.82) is 0 Å². The molecule has 0 saturated heterocycles. The minimum absolute atomic E-state index is 0.158. The molecule has 0 radical (unpaired) electrons. The third-order valence-corrected chi connectivity index (χ3v) is 3.67. The summed E-state index contributed by atoms with van der Waals surface area (Å²) in [5.74, 6) is 0.415. The molecule has 2 aromatic heterocycles. The lowest BCUT2D eigenvalue weighted by Gasteiger charge is -2.05. The number of halogens is 2. The molecule has 0 aliphatic carbocycles. The predicted octanol–water partition coefficient (Wildman–Crippen LogP) is 2.65. The van der Waals surface area contributed by atoms with E-state index in [0.717, 1.165) is 5.69 Å². The highest BCUT2D eigenvalue weighted by atomic mass is 127. The molecular weight excluding hydrogens is 352 g/mol. The van der Waals surface area contributed by atoms with Crippen LogP contribution in [0.15, 0.2) is 23.1 Å². The van der Waals surface area contributed by atoms with Gasteiger partial charge in [0.1, 0.15) is 5.69 Å². The summed E-state index contributed by atoms with van der Waals surface area (Å²) in [5, 5.41) is 0.471. The molecule has 0 atom stereocenters. The summed E-state index contributed by atoms with van der Waals surface area (Å²) in [5.41, 5.74) is 1.10. The van der Waals surface area contributed by atoms with Gasteiger partial charge >= 0.3 is 0 Å². The van der Waals surface area contributed by atoms with Crippen LogP contribution in [0.5, 0.6) is 0 Å². The Balaban J connectivity index is 2.66. The van der Waals surface area contributed by atoms with Crippen LogP contribution in [0, 0.1) is 3.57 Å². The van der Waals surface area contributed by atoms with Crippen molar-refractivity contribution in [3.05, 3.63) is 43.0 Å². The Bertz CT molecular complexity index is 612. The third kappa shape index (κ3) is 2.50. The van der Waals surface area contributed by atoms with E-state index in [0.29, 0.717) is 26.5 Å². The van der Waals surface area contributed by atoms with Gasteiger partial charge in [0.2, 0.25) is 0 Å². The predicted molar refractivity (Wildman–Crippen MR) is 75.2 cm³/mol. The molecular formula is C11H9ClIN3O. The summed E-state index contributed by atoms with van der Waals surface area (Å²) < 4.78 is 0.612. The van der Waals surface area contributed by atoms with Crippen molar-refractivity contribution < 1.29 is 0 Å². The lowest BCUT2D eigenvalue weighted by molar-refractivity contribution is 0.962. The van der Waals surface area contributed by atoms with E-state index in [1.807, 2.05) is 29.5 Å². The fourth-order valence-electron chi connectivity index (χ4n) is 1.41. The molecule has 0 bridgehead atoms. The Kier molecular flexibility index (Phi) is 3.78. The zero-order valence-corrected chi connectivity index (χ0v) is 11.9. The maximum absolute atomic E-state index is 11.7. The molecule has 1 N–H and O–H groups in total. The van der Waals surface area contributed by atoms with Gasteiger partial charge < -0.3 is 4.98 Å². The molecule has 0 saturated carbocycles. The van der Waals surface area contributed by atoms with E-state index >= 15 is 0 Å². The van der Waals surface area contributed by atoms with Gasteiger partial charge in [-0.2, -0.15) is 0 Å². The van der Waals surface area contributed by atoms with Crippen LogP contribution in [0.4, 0.5) is 0 Å². The van der Waals surface area contributed by atoms with Gasteiger partial charge in [-0.3, -0.25) is 9.78 Å². The zero-order valence-electron chi connectivity index (χ0n) is 9.00. The van der Waals surface area contributed by atoms with E-state index in [1.165, 1.54) is 0 Å². The van der Waals surface area contributed by atoms with Crippen molar-refractivity contribution in [2.75, 3.05) is 0 Å². The van der Waals surface area contributed by atoms with Crippen molar-refractivity contribution in [2.24, 2.45) is 0 Å². The zero-order chi connectivity index (χ0) is 12.4. The molecule has 0 spiro atoms. The van der Waals surface area contributed by atoms with E-state index in [1.54, 1.807) is 18.3 Å². The summed E-state index contributed by atoms with van der Waals surface area (Å²) in [7, 11) is 0. The minimum atomic E-state index is -0.158. The molecule has 2 rings (SSSR count). The van der Waals surface area contributed by atoms with Crippen LogP contribution >= 0.6 is 34.2 Å². The van der Waals surface area contributed by atoms with Crippen molar-refractivity contribution in [2.45, 2.75) is 13.3 Å². The van der Waals surface area contributed by atoms with Crippen molar-refractivity contribution >= 4 is 34.2 Å². The molecule has 0 aliphatic heterocycles. The number of nitrogens with zero attached hydrogens (tertiary/aromatic N) is 2. The molecule has 4 nitrogen and oxygen atoms in total. The Hall–Kier alpha value is -0.950. The van der Waals surface area contributed by atoms with Gasteiger partial charge in [-0.1, -0.05) is 18.5 Å². The minimum Gasteiger partial charge on any atom is -0.304 e. The third-order valence-electron chi connectivity index (χ3n) is 2.25. The van der Waals surface area contributed by atoms with Gasteiger partial charge in [0.25, 0.3) is 5.56 Å². The second-order valence-corrected chi connectivity index (χ2v) is 4.85. The van der Waals surface area contributed by atoms with E-state index < -0.39 is 0 Å². The van der Waals surface area contributed by atoms with Gasteiger partial charge in [-0.25, -0.2) is 4.98 Å². The summed E-state index contributed by atoms with van der Waals surface area (Å²) in [6.45, 7) is 1.95. The average Bonchev–Trinajstić information content (AvgIpc) is 2.33.